The van der Waals surface area contributed by atoms with Gasteiger partial charge >= 0.3 is 5.97 Å². The summed E-state index contributed by atoms with van der Waals surface area (Å²) in [6.45, 7) is 3.55. The molecule has 1 aromatic carbocycles. The number of carboxylic acids is 1. The number of aromatic nitrogens is 1. The van der Waals surface area contributed by atoms with Gasteiger partial charge in [0.15, 0.2) is 0 Å². The van der Waals surface area contributed by atoms with Gasteiger partial charge in [0.05, 0.1) is 12.5 Å². The van der Waals surface area contributed by atoms with E-state index in [0.29, 0.717) is 0 Å². The van der Waals surface area contributed by atoms with Gasteiger partial charge in [-0.1, -0.05) is 32.0 Å². The van der Waals surface area contributed by atoms with Gasteiger partial charge in [-0.25, -0.2) is 4.79 Å². The van der Waals surface area contributed by atoms with E-state index < -0.39 is 66.1 Å². The van der Waals surface area contributed by atoms with E-state index in [-0.39, 0.29) is 31.6 Å². The second-order valence-electron chi connectivity index (χ2n) is 10.00. The van der Waals surface area contributed by atoms with E-state index in [1.807, 2.05) is 24.3 Å². The van der Waals surface area contributed by atoms with Gasteiger partial charge in [-0.05, 0) is 36.8 Å². The number of carboxylic acid groups (broad SMARTS) is 1. The zero-order valence-corrected chi connectivity index (χ0v) is 22.4. The zero-order chi connectivity index (χ0) is 30.0. The van der Waals surface area contributed by atoms with Crippen molar-refractivity contribution < 1.29 is 33.9 Å². The number of hydrogen-bond donors (Lipinski definition) is 8. The van der Waals surface area contributed by atoms with Crippen molar-refractivity contribution >= 4 is 46.4 Å². The summed E-state index contributed by atoms with van der Waals surface area (Å²) in [6, 6.07) is 2.20. The van der Waals surface area contributed by atoms with Crippen LogP contribution in [0.5, 0.6) is 0 Å². The van der Waals surface area contributed by atoms with Crippen LogP contribution < -0.4 is 33.2 Å². The summed E-state index contributed by atoms with van der Waals surface area (Å²) < 4.78 is 0. The molecule has 11 N–H and O–H groups in total. The number of para-hydroxylation sites is 1. The molecule has 218 valence electrons. The molecule has 0 saturated heterocycles. The van der Waals surface area contributed by atoms with Crippen LogP contribution in [-0.4, -0.2) is 69.8 Å². The van der Waals surface area contributed by atoms with Crippen molar-refractivity contribution in [2.75, 3.05) is 0 Å². The second-order valence-corrected chi connectivity index (χ2v) is 10.00. The topological polar surface area (TPSA) is 253 Å². The fourth-order valence-electron chi connectivity index (χ4n) is 4.11. The fraction of sp³-hybridized carbons (Fsp3) is 0.462. The molecule has 0 aliphatic rings. The number of carbonyl (C=O) groups is 6. The Morgan fingerprint density at radius 2 is 1.48 bits per heavy atom. The van der Waals surface area contributed by atoms with Crippen LogP contribution >= 0.6 is 0 Å². The highest BCUT2D eigenvalue weighted by molar-refractivity contribution is 5.96. The molecule has 14 heteroatoms. The van der Waals surface area contributed by atoms with Crippen LogP contribution in [0, 0.1) is 5.92 Å². The fourth-order valence-corrected chi connectivity index (χ4v) is 4.11. The molecule has 4 atom stereocenters. The van der Waals surface area contributed by atoms with Gasteiger partial charge in [0.25, 0.3) is 0 Å². The Labute approximate surface area is 230 Å². The molecule has 0 spiro atoms. The first kappa shape index (κ1) is 31.8. The molecule has 0 radical (unpaired) electrons. The van der Waals surface area contributed by atoms with Gasteiger partial charge in [-0.2, -0.15) is 0 Å². The van der Waals surface area contributed by atoms with E-state index in [1.165, 1.54) is 0 Å². The zero-order valence-electron chi connectivity index (χ0n) is 22.4. The van der Waals surface area contributed by atoms with Gasteiger partial charge in [0.1, 0.15) is 18.1 Å². The predicted molar refractivity (Wildman–Crippen MR) is 145 cm³/mol. The average Bonchev–Trinajstić information content (AvgIpc) is 3.27. The van der Waals surface area contributed by atoms with Gasteiger partial charge in [-0.3, -0.25) is 24.0 Å². The number of hydrogen-bond acceptors (Lipinski definition) is 7. The molecule has 4 unspecified atom stereocenters. The molecule has 0 aliphatic heterocycles. The van der Waals surface area contributed by atoms with E-state index >= 15 is 0 Å². The number of H-pyrrole nitrogens is 1. The van der Waals surface area contributed by atoms with Crippen molar-refractivity contribution in [3.8, 4) is 0 Å². The lowest BCUT2D eigenvalue weighted by Gasteiger charge is -2.25. The summed E-state index contributed by atoms with van der Waals surface area (Å²) in [4.78, 5) is 76.6. The first-order chi connectivity index (χ1) is 18.8. The van der Waals surface area contributed by atoms with Crippen LogP contribution in [0.25, 0.3) is 10.9 Å². The Morgan fingerprint density at radius 1 is 0.875 bits per heavy atom. The van der Waals surface area contributed by atoms with Crippen LogP contribution in [-0.2, 0) is 35.2 Å². The number of nitrogens with two attached hydrogens (primary N) is 3. The number of nitrogens with one attached hydrogen (secondary N) is 4. The number of benzene rings is 1. The van der Waals surface area contributed by atoms with Crippen molar-refractivity contribution in [3.63, 3.8) is 0 Å². The molecular formula is C26H37N7O7. The number of fused-ring (bicyclic) bond motifs is 1. The molecule has 5 amide bonds. The summed E-state index contributed by atoms with van der Waals surface area (Å²) in [7, 11) is 0. The number of amides is 5. The predicted octanol–water partition coefficient (Wildman–Crippen LogP) is -1.24. The van der Waals surface area contributed by atoms with E-state index in [1.54, 1.807) is 20.0 Å². The number of aromatic amines is 1. The van der Waals surface area contributed by atoms with E-state index in [9.17, 15) is 33.9 Å². The van der Waals surface area contributed by atoms with Crippen LogP contribution in [0.2, 0.25) is 0 Å². The SMILES string of the molecule is CC(C)CC(NC(=O)C(CCC(N)=O)NC(=O)C(CC(N)=O)NC(=O)C(N)Cc1c[nH]c2ccccc12)C(=O)O. The number of aliphatic carboxylic acids is 1. The van der Waals surface area contributed by atoms with E-state index in [0.717, 1.165) is 16.5 Å². The van der Waals surface area contributed by atoms with Crippen molar-refractivity contribution in [3.05, 3.63) is 36.0 Å². The highest BCUT2D eigenvalue weighted by Crippen LogP contribution is 2.19. The maximum atomic E-state index is 13.1. The molecule has 14 nitrogen and oxygen atoms in total. The van der Waals surface area contributed by atoms with Crippen LogP contribution in [0.15, 0.2) is 30.5 Å². The Bertz CT molecular complexity index is 1240. The Kier molecular flexibility index (Phi) is 11.6. The average molecular weight is 560 g/mol. The quantitative estimate of drug-likeness (QED) is 0.123. The van der Waals surface area contributed by atoms with Crippen molar-refractivity contribution in [2.45, 2.75) is 70.1 Å². The Balaban J connectivity index is 2.15. The molecular weight excluding hydrogens is 522 g/mol. The molecule has 0 aliphatic carbocycles. The summed E-state index contributed by atoms with van der Waals surface area (Å²) in [5.41, 5.74) is 18.2. The molecule has 0 fully saturated rings. The lowest BCUT2D eigenvalue weighted by Crippen LogP contribution is -2.58. The van der Waals surface area contributed by atoms with E-state index in [2.05, 4.69) is 20.9 Å². The Hall–Kier alpha value is -4.46. The molecule has 1 heterocycles. The minimum Gasteiger partial charge on any atom is -0.480 e. The number of rotatable bonds is 16. The molecule has 2 aromatic rings. The summed E-state index contributed by atoms with van der Waals surface area (Å²) >= 11 is 0. The van der Waals surface area contributed by atoms with Gasteiger partial charge < -0.3 is 43.2 Å². The highest BCUT2D eigenvalue weighted by atomic mass is 16.4. The van der Waals surface area contributed by atoms with Gasteiger partial charge in [-0.15, -0.1) is 0 Å². The maximum absolute atomic E-state index is 13.1. The first-order valence-corrected chi connectivity index (χ1v) is 12.8. The van der Waals surface area contributed by atoms with Crippen molar-refractivity contribution in [2.24, 2.45) is 23.1 Å². The first-order valence-electron chi connectivity index (χ1n) is 12.8. The normalized spacial score (nSPS) is 14.1. The standard InChI is InChI=1S/C26H37N7O7/c1-13(2)9-20(26(39)40)33-24(37)18(7-8-21(28)34)31-25(38)19(11-22(29)35)32-23(36)16(27)10-14-12-30-17-6-4-3-5-15(14)17/h3-6,12-13,16,18-20,30H,7-11,27H2,1-2H3,(H2,28,34)(H2,29,35)(H,31,38)(H,32,36)(H,33,37)(H,39,40). The third-order valence-corrected chi connectivity index (χ3v) is 6.12. The molecule has 40 heavy (non-hydrogen) atoms. The third kappa shape index (κ3) is 9.69. The highest BCUT2D eigenvalue weighted by Gasteiger charge is 2.31. The largest absolute Gasteiger partial charge is 0.480 e. The smallest absolute Gasteiger partial charge is 0.326 e. The lowest BCUT2D eigenvalue weighted by molar-refractivity contribution is -0.143. The van der Waals surface area contributed by atoms with Crippen molar-refractivity contribution in [1.29, 1.82) is 0 Å². The van der Waals surface area contributed by atoms with Crippen LogP contribution in [0.3, 0.4) is 0 Å². The minimum atomic E-state index is -1.49. The minimum absolute atomic E-state index is 0.0660. The van der Waals surface area contributed by atoms with E-state index in [4.69, 9.17) is 17.2 Å². The van der Waals surface area contributed by atoms with Gasteiger partial charge in [0, 0.05) is 23.5 Å². The second kappa shape index (κ2) is 14.6. The summed E-state index contributed by atoms with van der Waals surface area (Å²) in [6.07, 6.45) is 0.799. The number of primary amides is 2. The van der Waals surface area contributed by atoms with Crippen molar-refractivity contribution in [1.82, 2.24) is 20.9 Å². The molecule has 0 saturated carbocycles. The summed E-state index contributed by atoms with van der Waals surface area (Å²) in [5.74, 6) is -5.57. The molecule has 0 bridgehead atoms. The van der Waals surface area contributed by atoms with Crippen LogP contribution in [0.1, 0.15) is 45.1 Å². The maximum Gasteiger partial charge on any atom is 0.326 e. The van der Waals surface area contributed by atoms with Crippen LogP contribution in [0.4, 0.5) is 0 Å². The number of carbonyl (C=O) groups excluding carboxylic acids is 5. The summed E-state index contributed by atoms with van der Waals surface area (Å²) in [5, 5.41) is 17.4. The lowest BCUT2D eigenvalue weighted by atomic mass is 10.0. The van der Waals surface area contributed by atoms with Gasteiger partial charge in [0.2, 0.25) is 29.5 Å². The monoisotopic (exact) mass is 559 g/mol. The molecule has 1 aromatic heterocycles. The Morgan fingerprint density at radius 3 is 2.08 bits per heavy atom. The molecule has 2 rings (SSSR count). The third-order valence-electron chi connectivity index (χ3n) is 6.12.